The Balaban J connectivity index is 2.47. The summed E-state index contributed by atoms with van der Waals surface area (Å²) in [6.45, 7) is 14.4. The molecule has 20 heavy (non-hydrogen) atoms. The Kier molecular flexibility index (Phi) is 5.74. The second-order valence-corrected chi connectivity index (χ2v) is 6.42. The number of nitrogens with zero attached hydrogens (tertiary/aromatic N) is 2. The van der Waals surface area contributed by atoms with Crippen LogP contribution in [-0.4, -0.2) is 59.9 Å². The molecule has 2 amide bonds. The number of rotatable bonds is 6. The van der Waals surface area contributed by atoms with Crippen molar-refractivity contribution in [1.82, 2.24) is 15.1 Å². The van der Waals surface area contributed by atoms with Crippen molar-refractivity contribution in [3.05, 3.63) is 12.2 Å². The van der Waals surface area contributed by atoms with E-state index in [1.54, 1.807) is 9.80 Å². The summed E-state index contributed by atoms with van der Waals surface area (Å²) in [5.41, 5.74) is 0.938. The third kappa shape index (κ3) is 5.33. The maximum atomic E-state index is 12.0. The summed E-state index contributed by atoms with van der Waals surface area (Å²) in [6, 6.07) is 0. The predicted octanol–water partition coefficient (Wildman–Crippen LogP) is 1.01. The van der Waals surface area contributed by atoms with Gasteiger partial charge in [-0.25, -0.2) is 0 Å². The normalized spacial score (nSPS) is 16.8. The standard InChI is InChI=1S/C15H27N3O2/c1-6-7-17-10-14(20)18(11-13(17)19)9-12(2)8-16-15(3,4)5/h16H,2,6-11H2,1,3-5H3. The maximum absolute atomic E-state index is 12.0. The van der Waals surface area contributed by atoms with Crippen molar-refractivity contribution in [3.63, 3.8) is 0 Å². The van der Waals surface area contributed by atoms with Crippen molar-refractivity contribution in [2.45, 2.75) is 39.7 Å². The number of carbonyl (C=O) groups excluding carboxylic acids is 2. The first-order valence-electron chi connectivity index (χ1n) is 7.20. The average molecular weight is 281 g/mol. The van der Waals surface area contributed by atoms with Crippen LogP contribution in [0.25, 0.3) is 0 Å². The van der Waals surface area contributed by atoms with Crippen LogP contribution in [-0.2, 0) is 9.59 Å². The Morgan fingerprint density at radius 1 is 1.20 bits per heavy atom. The molecule has 0 aromatic heterocycles. The molecule has 0 aromatic rings. The lowest BCUT2D eigenvalue weighted by Gasteiger charge is -2.34. The summed E-state index contributed by atoms with van der Waals surface area (Å²) in [4.78, 5) is 27.2. The van der Waals surface area contributed by atoms with E-state index in [1.165, 1.54) is 0 Å². The van der Waals surface area contributed by atoms with Crippen LogP contribution >= 0.6 is 0 Å². The van der Waals surface area contributed by atoms with Crippen LogP contribution in [0.15, 0.2) is 12.2 Å². The van der Waals surface area contributed by atoms with E-state index < -0.39 is 0 Å². The Hall–Kier alpha value is -1.36. The lowest BCUT2D eigenvalue weighted by molar-refractivity contribution is -0.149. The van der Waals surface area contributed by atoms with Crippen LogP contribution in [0.1, 0.15) is 34.1 Å². The first-order chi connectivity index (χ1) is 9.23. The number of amides is 2. The van der Waals surface area contributed by atoms with Gasteiger partial charge in [-0.1, -0.05) is 13.5 Å². The highest BCUT2D eigenvalue weighted by Gasteiger charge is 2.29. The molecule has 1 aliphatic heterocycles. The SMILES string of the molecule is C=C(CNC(C)(C)C)CN1CC(=O)N(CCC)CC1=O. The van der Waals surface area contributed by atoms with Gasteiger partial charge in [-0.05, 0) is 32.8 Å². The van der Waals surface area contributed by atoms with Gasteiger partial charge in [0.1, 0.15) is 6.54 Å². The quantitative estimate of drug-likeness (QED) is 0.739. The number of carbonyl (C=O) groups is 2. The van der Waals surface area contributed by atoms with E-state index >= 15 is 0 Å². The van der Waals surface area contributed by atoms with Gasteiger partial charge in [-0.2, -0.15) is 0 Å². The largest absolute Gasteiger partial charge is 0.332 e. The van der Waals surface area contributed by atoms with E-state index in [2.05, 4.69) is 32.7 Å². The minimum absolute atomic E-state index is 0.00922. The van der Waals surface area contributed by atoms with Gasteiger partial charge in [0.25, 0.3) is 0 Å². The Morgan fingerprint density at radius 3 is 2.30 bits per heavy atom. The smallest absolute Gasteiger partial charge is 0.242 e. The third-order valence-electron chi connectivity index (χ3n) is 3.13. The molecular formula is C15H27N3O2. The van der Waals surface area contributed by atoms with Crippen molar-refractivity contribution < 1.29 is 9.59 Å². The van der Waals surface area contributed by atoms with Crippen molar-refractivity contribution in [1.29, 1.82) is 0 Å². The minimum atomic E-state index is 0.00922. The zero-order valence-electron chi connectivity index (χ0n) is 13.2. The summed E-state index contributed by atoms with van der Waals surface area (Å²) in [7, 11) is 0. The Labute approximate surface area is 122 Å². The summed E-state index contributed by atoms with van der Waals surface area (Å²) in [5.74, 6) is 0.0398. The average Bonchev–Trinajstić information content (AvgIpc) is 2.32. The van der Waals surface area contributed by atoms with Gasteiger partial charge >= 0.3 is 0 Å². The van der Waals surface area contributed by atoms with E-state index in [4.69, 9.17) is 0 Å². The molecule has 1 N–H and O–H groups in total. The molecule has 0 aromatic carbocycles. The predicted molar refractivity (Wildman–Crippen MR) is 80.3 cm³/mol. The molecule has 1 rings (SSSR count). The van der Waals surface area contributed by atoms with Gasteiger partial charge < -0.3 is 15.1 Å². The summed E-state index contributed by atoms with van der Waals surface area (Å²) in [6.07, 6.45) is 0.876. The number of piperazine rings is 1. The number of hydrogen-bond acceptors (Lipinski definition) is 3. The van der Waals surface area contributed by atoms with Gasteiger partial charge in [0.05, 0.1) is 6.54 Å². The molecule has 0 atom stereocenters. The number of nitrogens with one attached hydrogen (secondary N) is 1. The van der Waals surface area contributed by atoms with Crippen molar-refractivity contribution in [3.8, 4) is 0 Å². The van der Waals surface area contributed by atoms with Crippen LogP contribution < -0.4 is 5.32 Å². The highest BCUT2D eigenvalue weighted by atomic mass is 16.2. The fourth-order valence-corrected chi connectivity index (χ4v) is 2.04. The fraction of sp³-hybridized carbons (Fsp3) is 0.733. The second kappa shape index (κ2) is 6.88. The summed E-state index contributed by atoms with van der Waals surface area (Å²) >= 11 is 0. The van der Waals surface area contributed by atoms with E-state index in [0.29, 0.717) is 19.6 Å². The topological polar surface area (TPSA) is 52.7 Å². The lowest BCUT2D eigenvalue weighted by Crippen LogP contribution is -2.54. The van der Waals surface area contributed by atoms with Crippen LogP contribution in [0.2, 0.25) is 0 Å². The number of hydrogen-bond donors (Lipinski definition) is 1. The minimum Gasteiger partial charge on any atom is -0.332 e. The molecule has 0 saturated carbocycles. The monoisotopic (exact) mass is 281 g/mol. The Morgan fingerprint density at radius 2 is 1.75 bits per heavy atom. The zero-order valence-corrected chi connectivity index (χ0v) is 13.2. The van der Waals surface area contributed by atoms with E-state index in [-0.39, 0.29) is 30.4 Å². The molecule has 1 heterocycles. The highest BCUT2D eigenvalue weighted by Crippen LogP contribution is 2.08. The van der Waals surface area contributed by atoms with Crippen LogP contribution in [0.4, 0.5) is 0 Å². The van der Waals surface area contributed by atoms with Gasteiger partial charge in [0.2, 0.25) is 11.8 Å². The molecule has 1 fully saturated rings. The van der Waals surface area contributed by atoms with Crippen molar-refractivity contribution in [2.24, 2.45) is 0 Å². The van der Waals surface area contributed by atoms with Crippen LogP contribution in [0, 0.1) is 0 Å². The molecule has 0 aliphatic carbocycles. The lowest BCUT2D eigenvalue weighted by atomic mass is 10.1. The van der Waals surface area contributed by atoms with E-state index in [1.807, 2.05) is 6.92 Å². The Bertz CT molecular complexity index is 385. The molecule has 5 nitrogen and oxygen atoms in total. The van der Waals surface area contributed by atoms with Crippen molar-refractivity contribution >= 4 is 11.8 Å². The second-order valence-electron chi connectivity index (χ2n) is 6.42. The van der Waals surface area contributed by atoms with Gasteiger partial charge in [0.15, 0.2) is 0 Å². The molecule has 0 bridgehead atoms. The molecule has 0 radical (unpaired) electrons. The molecule has 0 unspecified atom stereocenters. The molecule has 114 valence electrons. The van der Waals surface area contributed by atoms with Crippen LogP contribution in [0.5, 0.6) is 0 Å². The summed E-state index contributed by atoms with van der Waals surface area (Å²) in [5, 5.41) is 3.33. The molecule has 0 spiro atoms. The first kappa shape index (κ1) is 16.7. The first-order valence-corrected chi connectivity index (χ1v) is 7.20. The van der Waals surface area contributed by atoms with Gasteiger partial charge in [-0.3, -0.25) is 9.59 Å². The fourth-order valence-electron chi connectivity index (χ4n) is 2.04. The van der Waals surface area contributed by atoms with E-state index in [0.717, 1.165) is 12.0 Å². The van der Waals surface area contributed by atoms with Crippen molar-refractivity contribution in [2.75, 3.05) is 32.7 Å². The maximum Gasteiger partial charge on any atom is 0.242 e. The third-order valence-corrected chi connectivity index (χ3v) is 3.13. The van der Waals surface area contributed by atoms with Crippen LogP contribution in [0.3, 0.4) is 0 Å². The summed E-state index contributed by atoms with van der Waals surface area (Å²) < 4.78 is 0. The molecule has 1 saturated heterocycles. The van der Waals surface area contributed by atoms with Gasteiger partial charge in [0, 0.05) is 25.2 Å². The van der Waals surface area contributed by atoms with E-state index in [9.17, 15) is 9.59 Å². The molecular weight excluding hydrogens is 254 g/mol. The highest BCUT2D eigenvalue weighted by molar-refractivity contribution is 5.92. The molecule has 1 aliphatic rings. The molecule has 5 heteroatoms. The zero-order chi connectivity index (χ0) is 15.3. The van der Waals surface area contributed by atoms with Gasteiger partial charge in [-0.15, -0.1) is 0 Å².